The van der Waals surface area contributed by atoms with Crippen molar-refractivity contribution in [2.75, 3.05) is 17.3 Å². The maximum Gasteiger partial charge on any atom is 0.184 e. The summed E-state index contributed by atoms with van der Waals surface area (Å²) >= 11 is 0. The predicted molar refractivity (Wildman–Crippen MR) is 71.9 cm³/mol. The fourth-order valence-corrected chi connectivity index (χ4v) is 5.37. The van der Waals surface area contributed by atoms with E-state index in [1.54, 1.807) is 0 Å². The first-order valence-corrected chi connectivity index (χ1v) is 8.57. The van der Waals surface area contributed by atoms with Crippen LogP contribution in [0, 0.1) is 17.8 Å². The van der Waals surface area contributed by atoms with Crippen LogP contribution in [0.5, 0.6) is 0 Å². The normalized spacial score (nSPS) is 36.5. The topological polar surface area (TPSA) is 17.1 Å². The monoisotopic (exact) mass is 241 g/mol. The number of hydrogen-bond donors (Lipinski definition) is 0. The van der Waals surface area contributed by atoms with Gasteiger partial charge in [-0.1, -0.05) is 13.8 Å². The molecule has 3 atom stereocenters. The predicted octanol–water partition coefficient (Wildman–Crippen LogP) is 3.04. The SMILES string of the molecule is CC1CCC(C(=O)C[S+]2CCCC2)CC1C. The summed E-state index contributed by atoms with van der Waals surface area (Å²) in [5, 5.41) is 0. The average molecular weight is 241 g/mol. The zero-order valence-corrected chi connectivity index (χ0v) is 11.5. The van der Waals surface area contributed by atoms with E-state index < -0.39 is 0 Å². The van der Waals surface area contributed by atoms with Crippen LogP contribution in [0.2, 0.25) is 0 Å². The minimum absolute atomic E-state index is 0.416. The van der Waals surface area contributed by atoms with E-state index in [2.05, 4.69) is 13.8 Å². The molecule has 0 amide bonds. The van der Waals surface area contributed by atoms with Crippen molar-refractivity contribution in [2.45, 2.75) is 46.0 Å². The Kier molecular flexibility index (Phi) is 4.34. The molecule has 1 saturated heterocycles. The summed E-state index contributed by atoms with van der Waals surface area (Å²) in [5.41, 5.74) is 0. The van der Waals surface area contributed by atoms with Crippen LogP contribution < -0.4 is 0 Å². The number of carbonyl (C=O) groups excluding carboxylic acids is 1. The molecule has 0 bridgehead atoms. The summed E-state index contributed by atoms with van der Waals surface area (Å²) in [7, 11) is 0.471. The highest BCUT2D eigenvalue weighted by Crippen LogP contribution is 2.34. The lowest BCUT2D eigenvalue weighted by Crippen LogP contribution is -2.30. The van der Waals surface area contributed by atoms with E-state index >= 15 is 0 Å². The van der Waals surface area contributed by atoms with Gasteiger partial charge in [-0.15, -0.1) is 0 Å². The van der Waals surface area contributed by atoms with E-state index in [1.807, 2.05) is 0 Å². The number of rotatable bonds is 3. The van der Waals surface area contributed by atoms with E-state index in [0.29, 0.717) is 22.6 Å². The molecule has 3 unspecified atom stereocenters. The lowest BCUT2D eigenvalue weighted by Gasteiger charge is -2.30. The van der Waals surface area contributed by atoms with Crippen molar-refractivity contribution in [3.05, 3.63) is 0 Å². The summed E-state index contributed by atoms with van der Waals surface area (Å²) in [6, 6.07) is 0. The summed E-state index contributed by atoms with van der Waals surface area (Å²) in [6.07, 6.45) is 6.34. The Morgan fingerprint density at radius 1 is 1.12 bits per heavy atom. The van der Waals surface area contributed by atoms with Gasteiger partial charge in [0.25, 0.3) is 0 Å². The number of hydrogen-bond acceptors (Lipinski definition) is 1. The first-order valence-electron chi connectivity index (χ1n) is 6.83. The molecule has 1 heterocycles. The third-order valence-electron chi connectivity index (χ3n) is 4.52. The average Bonchev–Trinajstić information content (AvgIpc) is 2.74. The second kappa shape index (κ2) is 5.57. The van der Waals surface area contributed by atoms with Crippen LogP contribution in [0.3, 0.4) is 0 Å². The maximum absolute atomic E-state index is 12.2. The fourth-order valence-electron chi connectivity index (χ4n) is 3.02. The molecule has 1 nitrogen and oxygen atoms in total. The van der Waals surface area contributed by atoms with Crippen LogP contribution in [0.1, 0.15) is 46.0 Å². The Balaban J connectivity index is 1.80. The molecule has 0 aromatic heterocycles. The molecule has 2 fully saturated rings. The Morgan fingerprint density at radius 2 is 1.81 bits per heavy atom. The highest BCUT2D eigenvalue weighted by atomic mass is 32.2. The van der Waals surface area contributed by atoms with Crippen LogP contribution in [-0.4, -0.2) is 23.0 Å². The van der Waals surface area contributed by atoms with E-state index in [9.17, 15) is 4.79 Å². The molecule has 92 valence electrons. The van der Waals surface area contributed by atoms with E-state index in [0.717, 1.165) is 24.0 Å². The minimum Gasteiger partial charge on any atom is -0.294 e. The second-order valence-electron chi connectivity index (χ2n) is 5.80. The summed E-state index contributed by atoms with van der Waals surface area (Å²) in [5.74, 6) is 6.21. The van der Waals surface area contributed by atoms with Crippen molar-refractivity contribution in [1.82, 2.24) is 0 Å². The van der Waals surface area contributed by atoms with Gasteiger partial charge in [0, 0.05) is 5.92 Å². The van der Waals surface area contributed by atoms with Crippen LogP contribution in [0.4, 0.5) is 0 Å². The number of ketones is 1. The van der Waals surface area contributed by atoms with Crippen molar-refractivity contribution in [3.63, 3.8) is 0 Å². The van der Waals surface area contributed by atoms with Crippen molar-refractivity contribution in [3.8, 4) is 0 Å². The van der Waals surface area contributed by atoms with Gasteiger partial charge in [-0.25, -0.2) is 0 Å². The third kappa shape index (κ3) is 3.03. The number of Topliss-reactive ketones (excluding diaryl/α,β-unsaturated/α-hetero) is 1. The molecule has 1 saturated carbocycles. The van der Waals surface area contributed by atoms with Gasteiger partial charge in [-0.2, -0.15) is 0 Å². The zero-order chi connectivity index (χ0) is 11.5. The second-order valence-corrected chi connectivity index (χ2v) is 8.13. The Labute approximate surface area is 103 Å². The molecule has 0 aromatic carbocycles. The lowest BCUT2D eigenvalue weighted by atomic mass is 9.74. The van der Waals surface area contributed by atoms with Crippen LogP contribution in [0.15, 0.2) is 0 Å². The lowest BCUT2D eigenvalue weighted by molar-refractivity contribution is -0.122. The first-order chi connectivity index (χ1) is 7.66. The van der Waals surface area contributed by atoms with E-state index in [4.69, 9.17) is 0 Å². The van der Waals surface area contributed by atoms with Gasteiger partial charge in [0.05, 0.1) is 0 Å². The fraction of sp³-hybridized carbons (Fsp3) is 0.929. The molecule has 0 N–H and O–H groups in total. The maximum atomic E-state index is 12.2. The van der Waals surface area contributed by atoms with Crippen molar-refractivity contribution in [2.24, 2.45) is 17.8 Å². The summed E-state index contributed by atoms with van der Waals surface area (Å²) < 4.78 is 0. The molecule has 0 spiro atoms. The zero-order valence-electron chi connectivity index (χ0n) is 10.7. The van der Waals surface area contributed by atoms with Gasteiger partial charge in [-0.05, 0) is 54.8 Å². The third-order valence-corrected chi connectivity index (χ3v) is 6.94. The largest absolute Gasteiger partial charge is 0.294 e. The highest BCUT2D eigenvalue weighted by Gasteiger charge is 2.34. The van der Waals surface area contributed by atoms with Gasteiger partial charge in [0.1, 0.15) is 11.5 Å². The molecule has 16 heavy (non-hydrogen) atoms. The molecule has 1 aliphatic heterocycles. The quantitative estimate of drug-likeness (QED) is 0.694. The van der Waals surface area contributed by atoms with Crippen molar-refractivity contribution >= 4 is 16.7 Å². The van der Waals surface area contributed by atoms with Crippen LogP contribution in [-0.2, 0) is 15.7 Å². The van der Waals surface area contributed by atoms with Gasteiger partial charge >= 0.3 is 0 Å². The van der Waals surface area contributed by atoms with E-state index in [-0.39, 0.29) is 0 Å². The van der Waals surface area contributed by atoms with E-state index in [1.165, 1.54) is 37.2 Å². The molecular weight excluding hydrogens is 216 g/mol. The Hall–Kier alpha value is 0.0200. The van der Waals surface area contributed by atoms with Gasteiger partial charge < -0.3 is 0 Å². The van der Waals surface area contributed by atoms with Crippen LogP contribution in [0.25, 0.3) is 0 Å². The van der Waals surface area contributed by atoms with Crippen LogP contribution >= 0.6 is 0 Å². The highest BCUT2D eigenvalue weighted by molar-refractivity contribution is 7.97. The molecule has 2 aliphatic rings. The minimum atomic E-state index is 0.416. The molecule has 2 rings (SSSR count). The van der Waals surface area contributed by atoms with Gasteiger partial charge in [-0.3, -0.25) is 4.79 Å². The van der Waals surface area contributed by atoms with Gasteiger partial charge in [0.2, 0.25) is 0 Å². The Morgan fingerprint density at radius 3 is 2.44 bits per heavy atom. The standard InChI is InChI=1S/C14H25OS/c1-11-5-6-13(9-12(11)2)14(15)10-16-7-3-4-8-16/h11-13H,3-10H2,1-2H3/q+1. The summed E-state index contributed by atoms with van der Waals surface area (Å²) in [6.45, 7) is 4.66. The first kappa shape index (κ1) is 12.5. The molecule has 0 aromatic rings. The molecule has 1 aliphatic carbocycles. The smallest absolute Gasteiger partial charge is 0.184 e. The van der Waals surface area contributed by atoms with Crippen molar-refractivity contribution in [1.29, 1.82) is 0 Å². The molecular formula is C14H25OS+. The van der Waals surface area contributed by atoms with Gasteiger partial charge in [0.15, 0.2) is 11.5 Å². The Bertz CT molecular complexity index is 245. The number of carbonyl (C=O) groups is 1. The molecule has 0 radical (unpaired) electrons. The van der Waals surface area contributed by atoms with Crippen molar-refractivity contribution < 1.29 is 4.79 Å². The summed E-state index contributed by atoms with van der Waals surface area (Å²) in [4.78, 5) is 12.2. The molecule has 2 heteroatoms.